The number of aromatic nitrogens is 1. The van der Waals surface area contributed by atoms with E-state index in [1.807, 2.05) is 4.90 Å². The van der Waals surface area contributed by atoms with Gasteiger partial charge in [-0.25, -0.2) is 4.79 Å². The zero-order chi connectivity index (χ0) is 15.7. The zero-order valence-electron chi connectivity index (χ0n) is 12.2. The van der Waals surface area contributed by atoms with Crippen LogP contribution in [-0.2, 0) is 9.53 Å². The first-order chi connectivity index (χ1) is 9.86. The summed E-state index contributed by atoms with van der Waals surface area (Å²) in [5.41, 5.74) is -0.326. The van der Waals surface area contributed by atoms with Crippen LogP contribution in [0.5, 0.6) is 0 Å². The lowest BCUT2D eigenvalue weighted by molar-refractivity contribution is -0.145. The number of carboxylic acid groups (broad SMARTS) is 1. The second-order valence-corrected chi connectivity index (χ2v) is 5.26. The number of nitrogens with zero attached hydrogens (tertiary/aromatic N) is 2. The van der Waals surface area contributed by atoms with E-state index in [1.165, 1.54) is 11.7 Å². The molecule has 1 aliphatic rings. The van der Waals surface area contributed by atoms with Crippen molar-refractivity contribution in [2.75, 3.05) is 20.7 Å². The summed E-state index contributed by atoms with van der Waals surface area (Å²) < 4.78 is 6.14. The third kappa shape index (κ3) is 2.69. The monoisotopic (exact) mass is 294 g/mol. The van der Waals surface area contributed by atoms with Gasteiger partial charge in [-0.3, -0.25) is 14.5 Å². The van der Waals surface area contributed by atoms with Crippen molar-refractivity contribution in [3.05, 3.63) is 33.7 Å². The van der Waals surface area contributed by atoms with E-state index in [1.54, 1.807) is 26.2 Å². The number of hydrogen-bond acceptors (Lipinski definition) is 5. The fraction of sp³-hybridized carbons (Fsp3) is 0.500. The van der Waals surface area contributed by atoms with Gasteiger partial charge in [-0.15, -0.1) is 0 Å². The first kappa shape index (κ1) is 15.2. The highest BCUT2D eigenvalue weighted by molar-refractivity contribution is 5.88. The number of carboxylic acids is 1. The van der Waals surface area contributed by atoms with Crippen molar-refractivity contribution >= 4 is 11.9 Å². The Balaban J connectivity index is 2.37. The van der Waals surface area contributed by atoms with E-state index >= 15 is 0 Å². The van der Waals surface area contributed by atoms with Gasteiger partial charge >= 0.3 is 11.9 Å². The Morgan fingerprint density at radius 2 is 2.10 bits per heavy atom. The van der Waals surface area contributed by atoms with Crippen molar-refractivity contribution in [2.24, 2.45) is 0 Å². The van der Waals surface area contributed by atoms with Crippen molar-refractivity contribution in [3.63, 3.8) is 0 Å². The molecule has 0 radical (unpaired) electrons. The molecule has 1 fully saturated rings. The molecule has 0 spiro atoms. The van der Waals surface area contributed by atoms with E-state index in [9.17, 15) is 14.4 Å². The van der Waals surface area contributed by atoms with Gasteiger partial charge in [0.25, 0.3) is 5.56 Å². The van der Waals surface area contributed by atoms with Gasteiger partial charge in [0.05, 0.1) is 13.2 Å². The van der Waals surface area contributed by atoms with Gasteiger partial charge in [0.15, 0.2) is 0 Å². The molecule has 0 aromatic carbocycles. The number of hydrogen-bond donors (Lipinski definition) is 1. The molecule has 1 aromatic heterocycles. The number of carbonyl (C=O) groups is 2. The van der Waals surface area contributed by atoms with Gasteiger partial charge in [0.1, 0.15) is 11.6 Å². The average molecular weight is 294 g/mol. The lowest BCUT2D eigenvalue weighted by Crippen LogP contribution is -2.33. The molecule has 2 rings (SSSR count). The topological polar surface area (TPSA) is 88.8 Å². The van der Waals surface area contributed by atoms with E-state index in [-0.39, 0.29) is 17.6 Å². The minimum atomic E-state index is -1.23. The fourth-order valence-electron chi connectivity index (χ4n) is 2.77. The van der Waals surface area contributed by atoms with E-state index < -0.39 is 17.6 Å². The molecule has 1 aromatic rings. The Morgan fingerprint density at radius 3 is 2.67 bits per heavy atom. The molecule has 114 valence electrons. The van der Waals surface area contributed by atoms with E-state index in [0.29, 0.717) is 18.5 Å². The number of ether oxygens (including phenoxy) is 1. The van der Waals surface area contributed by atoms with Gasteiger partial charge in [-0.2, -0.15) is 0 Å². The molecule has 7 heteroatoms. The van der Waals surface area contributed by atoms with E-state index in [2.05, 4.69) is 0 Å². The number of esters is 1. The number of aryl methyl sites for hydroxylation is 1. The molecule has 0 unspecified atom stereocenters. The quantitative estimate of drug-likeness (QED) is 0.805. The summed E-state index contributed by atoms with van der Waals surface area (Å²) in [6.45, 7) is 2.08. The molecule has 2 heterocycles. The van der Waals surface area contributed by atoms with Crippen LogP contribution < -0.4 is 5.56 Å². The predicted molar refractivity (Wildman–Crippen MR) is 74.5 cm³/mol. The third-order valence-corrected chi connectivity index (χ3v) is 3.93. The van der Waals surface area contributed by atoms with Gasteiger partial charge < -0.3 is 14.4 Å². The van der Waals surface area contributed by atoms with Crippen molar-refractivity contribution < 1.29 is 19.4 Å². The number of likely N-dealkylation sites (N-methyl/N-ethyl adjacent to an activating group) is 1. The maximum absolute atomic E-state index is 12.3. The third-order valence-electron chi connectivity index (χ3n) is 3.93. The summed E-state index contributed by atoms with van der Waals surface area (Å²) in [4.78, 5) is 37.0. The lowest BCUT2D eigenvalue weighted by atomic mass is 10.1. The van der Waals surface area contributed by atoms with Crippen LogP contribution >= 0.6 is 0 Å². The van der Waals surface area contributed by atoms with Gasteiger partial charge in [0.2, 0.25) is 0 Å². The molecule has 0 saturated carbocycles. The summed E-state index contributed by atoms with van der Waals surface area (Å²) >= 11 is 0. The molecule has 2 atom stereocenters. The SMILES string of the molecule is COC(=O)[C@@H]1C[C@@H](n2ccc(C)c(C(=O)O)c2=O)CN1C. The van der Waals surface area contributed by atoms with Crippen LogP contribution in [0.3, 0.4) is 0 Å². The molecule has 1 N–H and O–H groups in total. The Labute approximate surface area is 121 Å². The van der Waals surface area contributed by atoms with Crippen molar-refractivity contribution in [3.8, 4) is 0 Å². The smallest absolute Gasteiger partial charge is 0.341 e. The Morgan fingerprint density at radius 1 is 1.43 bits per heavy atom. The first-order valence-electron chi connectivity index (χ1n) is 6.60. The first-order valence-corrected chi connectivity index (χ1v) is 6.60. The highest BCUT2D eigenvalue weighted by Crippen LogP contribution is 2.26. The number of rotatable bonds is 3. The lowest BCUT2D eigenvalue weighted by Gasteiger charge is -2.15. The number of pyridine rings is 1. The maximum Gasteiger partial charge on any atom is 0.341 e. The van der Waals surface area contributed by atoms with Crippen LogP contribution in [-0.4, -0.2) is 53.3 Å². The summed E-state index contributed by atoms with van der Waals surface area (Å²) in [5, 5.41) is 9.15. The second-order valence-electron chi connectivity index (χ2n) is 5.26. The molecular weight excluding hydrogens is 276 g/mol. The zero-order valence-corrected chi connectivity index (χ0v) is 12.2. The van der Waals surface area contributed by atoms with Crippen LogP contribution in [0.4, 0.5) is 0 Å². The molecule has 0 aliphatic carbocycles. The minimum Gasteiger partial charge on any atom is -0.477 e. The Kier molecular flexibility index (Phi) is 4.13. The van der Waals surface area contributed by atoms with Crippen LogP contribution in [0, 0.1) is 6.92 Å². The second kappa shape index (κ2) is 5.69. The molecule has 21 heavy (non-hydrogen) atoms. The summed E-state index contributed by atoms with van der Waals surface area (Å²) in [5.74, 6) is -1.58. The van der Waals surface area contributed by atoms with Crippen LogP contribution in [0.25, 0.3) is 0 Å². The number of aromatic carboxylic acids is 1. The molecule has 1 aliphatic heterocycles. The standard InChI is InChI=1S/C14H18N2O5/c1-8-4-5-16(12(17)11(8)13(18)19)9-6-10(14(20)21-3)15(2)7-9/h4-5,9-10H,6-7H2,1-3H3,(H,18,19)/t9-,10+/m1/s1. The molecule has 1 saturated heterocycles. The average Bonchev–Trinajstić information content (AvgIpc) is 2.79. The predicted octanol–water partition coefficient (Wildman–Crippen LogP) is 0.273. The molecule has 0 amide bonds. The van der Waals surface area contributed by atoms with Gasteiger partial charge in [-0.1, -0.05) is 0 Å². The Hall–Kier alpha value is -2.15. The highest BCUT2D eigenvalue weighted by Gasteiger charge is 2.36. The van der Waals surface area contributed by atoms with Crippen molar-refractivity contribution in [1.82, 2.24) is 9.47 Å². The molecule has 7 nitrogen and oxygen atoms in total. The molecule has 0 bridgehead atoms. The maximum atomic E-state index is 12.3. The van der Waals surface area contributed by atoms with E-state index in [0.717, 1.165) is 0 Å². The van der Waals surface area contributed by atoms with Gasteiger partial charge in [0, 0.05) is 12.7 Å². The number of methoxy groups -OCH3 is 1. The highest BCUT2D eigenvalue weighted by atomic mass is 16.5. The number of carbonyl (C=O) groups excluding carboxylic acids is 1. The van der Waals surface area contributed by atoms with Gasteiger partial charge in [-0.05, 0) is 32.0 Å². The minimum absolute atomic E-state index is 0.221. The van der Waals surface area contributed by atoms with Crippen LogP contribution in [0.1, 0.15) is 28.4 Å². The largest absolute Gasteiger partial charge is 0.477 e. The summed E-state index contributed by atoms with van der Waals surface area (Å²) in [7, 11) is 3.10. The summed E-state index contributed by atoms with van der Waals surface area (Å²) in [6.07, 6.45) is 2.01. The van der Waals surface area contributed by atoms with E-state index in [4.69, 9.17) is 9.84 Å². The molecular formula is C14H18N2O5. The summed E-state index contributed by atoms with van der Waals surface area (Å²) in [6, 6.07) is 0.947. The fourth-order valence-corrected chi connectivity index (χ4v) is 2.77. The normalized spacial score (nSPS) is 22.2. The van der Waals surface area contributed by atoms with Crippen LogP contribution in [0.15, 0.2) is 17.1 Å². The van der Waals surface area contributed by atoms with Crippen LogP contribution in [0.2, 0.25) is 0 Å². The Bertz CT molecular complexity index is 637. The van der Waals surface area contributed by atoms with Crippen molar-refractivity contribution in [2.45, 2.75) is 25.4 Å². The number of likely N-dealkylation sites (tertiary alicyclic amines) is 1. The van der Waals surface area contributed by atoms with Crippen molar-refractivity contribution in [1.29, 1.82) is 0 Å².